The minimum Gasteiger partial charge on any atom is -0.382 e. The van der Waals surface area contributed by atoms with Gasteiger partial charge in [-0.25, -0.2) is 4.39 Å². The maximum absolute atomic E-state index is 13.8. The maximum atomic E-state index is 13.8. The Morgan fingerprint density at radius 2 is 1.69 bits per heavy atom. The van der Waals surface area contributed by atoms with Crippen molar-refractivity contribution >= 4 is 10.8 Å². The van der Waals surface area contributed by atoms with E-state index in [1.54, 1.807) is 16.8 Å². The van der Waals surface area contributed by atoms with E-state index in [2.05, 4.69) is 28.2 Å². The molecule has 0 radical (unpaired) electrons. The number of fused-ring (bicyclic) bond motifs is 1. The van der Waals surface area contributed by atoms with Crippen molar-refractivity contribution in [2.45, 2.75) is 18.7 Å². The summed E-state index contributed by atoms with van der Waals surface area (Å²) in [4.78, 5) is 2.20. The van der Waals surface area contributed by atoms with Gasteiger partial charge >= 0.3 is 0 Å². The van der Waals surface area contributed by atoms with Gasteiger partial charge in [-0.2, -0.15) is 5.10 Å². The predicted molar refractivity (Wildman–Crippen MR) is 111 cm³/mol. The molecule has 0 spiro atoms. The van der Waals surface area contributed by atoms with Gasteiger partial charge in [-0.3, -0.25) is 9.58 Å². The van der Waals surface area contributed by atoms with Crippen LogP contribution >= 0.6 is 0 Å². The fourth-order valence-electron chi connectivity index (χ4n) is 4.24. The number of rotatable bonds is 5. The number of hydrogen-bond donors (Lipinski definition) is 1. The highest BCUT2D eigenvalue weighted by Gasteiger charge is 2.43. The average Bonchev–Trinajstić information content (AvgIpc) is 3.15. The molecule has 1 saturated heterocycles. The molecule has 5 heteroatoms. The highest BCUT2D eigenvalue weighted by molar-refractivity contribution is 5.86. The molecular formula is C24H22FN3O. The van der Waals surface area contributed by atoms with Crippen LogP contribution in [0.4, 0.5) is 4.39 Å². The second-order valence-corrected chi connectivity index (χ2v) is 7.84. The standard InChI is InChI=1S/C24H22FN3O/c25-23-11-4-2-7-20(23)15-28-14-18(12-26-28)13-27-16-24(29,17-27)22-10-5-8-19-6-1-3-9-21(19)22/h1-12,14,29H,13,15-17H2. The molecule has 0 unspecified atom stereocenters. The van der Waals surface area contributed by atoms with E-state index >= 15 is 0 Å². The van der Waals surface area contributed by atoms with Gasteiger partial charge in [0.1, 0.15) is 11.4 Å². The third kappa shape index (κ3) is 3.43. The Hall–Kier alpha value is -3.02. The molecule has 0 aliphatic carbocycles. The minimum atomic E-state index is -0.829. The molecule has 5 rings (SSSR count). The lowest BCUT2D eigenvalue weighted by Crippen LogP contribution is -2.58. The number of aliphatic hydroxyl groups is 1. The topological polar surface area (TPSA) is 41.3 Å². The Kier molecular flexibility index (Phi) is 4.42. The largest absolute Gasteiger partial charge is 0.382 e. The molecule has 1 N–H and O–H groups in total. The molecule has 0 saturated carbocycles. The highest BCUT2D eigenvalue weighted by Crippen LogP contribution is 2.36. The van der Waals surface area contributed by atoms with Crippen LogP contribution in [-0.2, 0) is 18.7 Å². The monoisotopic (exact) mass is 387 g/mol. The number of nitrogens with zero attached hydrogens (tertiary/aromatic N) is 3. The summed E-state index contributed by atoms with van der Waals surface area (Å²) < 4.78 is 15.6. The molecule has 2 heterocycles. The Morgan fingerprint density at radius 1 is 0.931 bits per heavy atom. The van der Waals surface area contributed by atoms with E-state index in [0.717, 1.165) is 21.9 Å². The van der Waals surface area contributed by atoms with Crippen molar-refractivity contribution < 1.29 is 9.50 Å². The summed E-state index contributed by atoms with van der Waals surface area (Å²) in [5.74, 6) is -0.215. The molecule has 1 aliphatic heterocycles. The molecule has 1 aliphatic rings. The number of β-amino-alcohol motifs (C(OH)–C–C–N with tert-alkyl or cyclic N) is 1. The van der Waals surface area contributed by atoms with Crippen LogP contribution in [0.15, 0.2) is 79.1 Å². The van der Waals surface area contributed by atoms with Crippen LogP contribution in [0.2, 0.25) is 0 Å². The molecule has 3 aromatic carbocycles. The SMILES string of the molecule is OC1(c2cccc3ccccc23)CN(Cc2cnn(Cc3ccccc3F)c2)C1. The van der Waals surface area contributed by atoms with Gasteiger partial charge < -0.3 is 5.11 Å². The lowest BCUT2D eigenvalue weighted by Gasteiger charge is -2.47. The molecule has 29 heavy (non-hydrogen) atoms. The summed E-state index contributed by atoms with van der Waals surface area (Å²) in [7, 11) is 0. The first-order valence-corrected chi connectivity index (χ1v) is 9.78. The number of benzene rings is 3. The average molecular weight is 387 g/mol. The van der Waals surface area contributed by atoms with Crippen molar-refractivity contribution in [2.75, 3.05) is 13.1 Å². The molecule has 1 fully saturated rings. The van der Waals surface area contributed by atoms with Crippen molar-refractivity contribution in [3.63, 3.8) is 0 Å². The summed E-state index contributed by atoms with van der Waals surface area (Å²) in [6, 6.07) is 21.0. The first kappa shape index (κ1) is 18.0. The first-order valence-electron chi connectivity index (χ1n) is 9.78. The van der Waals surface area contributed by atoms with E-state index < -0.39 is 5.60 Å². The summed E-state index contributed by atoms with van der Waals surface area (Å²) >= 11 is 0. The van der Waals surface area contributed by atoms with E-state index in [9.17, 15) is 9.50 Å². The van der Waals surface area contributed by atoms with Crippen LogP contribution in [0.1, 0.15) is 16.7 Å². The normalized spacial score (nSPS) is 16.1. The van der Waals surface area contributed by atoms with Crippen LogP contribution < -0.4 is 0 Å². The summed E-state index contributed by atoms with van der Waals surface area (Å²) in [6.45, 7) is 2.29. The minimum absolute atomic E-state index is 0.215. The fraction of sp³-hybridized carbons (Fsp3) is 0.208. The quantitative estimate of drug-likeness (QED) is 0.564. The van der Waals surface area contributed by atoms with E-state index in [1.165, 1.54) is 6.07 Å². The van der Waals surface area contributed by atoms with Crippen molar-refractivity contribution in [1.29, 1.82) is 0 Å². The summed E-state index contributed by atoms with van der Waals surface area (Å²) in [6.07, 6.45) is 3.76. The predicted octanol–water partition coefficient (Wildman–Crippen LogP) is 3.93. The van der Waals surface area contributed by atoms with Gasteiger partial charge in [0.15, 0.2) is 0 Å². The molecule has 4 nitrogen and oxygen atoms in total. The molecule has 0 amide bonds. The zero-order chi connectivity index (χ0) is 19.8. The van der Waals surface area contributed by atoms with Gasteiger partial charge in [-0.05, 0) is 22.4 Å². The maximum Gasteiger partial charge on any atom is 0.128 e. The van der Waals surface area contributed by atoms with Crippen molar-refractivity contribution in [1.82, 2.24) is 14.7 Å². The molecule has 1 aromatic heterocycles. The Balaban J connectivity index is 1.26. The number of likely N-dealkylation sites (tertiary alicyclic amines) is 1. The van der Waals surface area contributed by atoms with Gasteiger partial charge in [0, 0.05) is 37.0 Å². The second kappa shape index (κ2) is 7.10. The third-order valence-electron chi connectivity index (χ3n) is 5.64. The molecular weight excluding hydrogens is 365 g/mol. The third-order valence-corrected chi connectivity index (χ3v) is 5.64. The smallest absolute Gasteiger partial charge is 0.128 e. The first-order chi connectivity index (χ1) is 14.1. The second-order valence-electron chi connectivity index (χ2n) is 7.84. The van der Waals surface area contributed by atoms with Crippen molar-refractivity contribution in [2.24, 2.45) is 0 Å². The fourth-order valence-corrected chi connectivity index (χ4v) is 4.24. The van der Waals surface area contributed by atoms with E-state index in [0.29, 0.717) is 31.7 Å². The Labute approximate surface area is 168 Å². The molecule has 0 atom stereocenters. The van der Waals surface area contributed by atoms with Gasteiger partial charge in [0.05, 0.1) is 12.7 Å². The summed E-state index contributed by atoms with van der Waals surface area (Å²) in [5, 5.41) is 17.8. The van der Waals surface area contributed by atoms with Gasteiger partial charge in [-0.1, -0.05) is 60.7 Å². The Morgan fingerprint density at radius 3 is 2.55 bits per heavy atom. The van der Waals surface area contributed by atoms with Crippen molar-refractivity contribution in [3.8, 4) is 0 Å². The molecule has 146 valence electrons. The van der Waals surface area contributed by atoms with Crippen LogP contribution in [0.25, 0.3) is 10.8 Å². The zero-order valence-corrected chi connectivity index (χ0v) is 16.0. The van der Waals surface area contributed by atoms with Gasteiger partial charge in [-0.15, -0.1) is 0 Å². The van der Waals surface area contributed by atoms with Crippen molar-refractivity contribution in [3.05, 3.63) is 102 Å². The number of halogens is 1. The van der Waals surface area contributed by atoms with Crippen LogP contribution in [-0.4, -0.2) is 32.9 Å². The van der Waals surface area contributed by atoms with Gasteiger partial charge in [0.25, 0.3) is 0 Å². The molecule has 0 bridgehead atoms. The van der Waals surface area contributed by atoms with Crippen LogP contribution in [0.3, 0.4) is 0 Å². The molecule has 4 aromatic rings. The van der Waals surface area contributed by atoms with Crippen LogP contribution in [0.5, 0.6) is 0 Å². The number of aromatic nitrogens is 2. The lowest BCUT2D eigenvalue weighted by molar-refractivity contribution is -0.106. The summed E-state index contributed by atoms with van der Waals surface area (Å²) in [5.41, 5.74) is 1.84. The number of hydrogen-bond acceptors (Lipinski definition) is 3. The van der Waals surface area contributed by atoms with E-state index in [1.807, 2.05) is 42.7 Å². The zero-order valence-electron chi connectivity index (χ0n) is 16.0. The highest BCUT2D eigenvalue weighted by atomic mass is 19.1. The van der Waals surface area contributed by atoms with Gasteiger partial charge in [0.2, 0.25) is 0 Å². The Bertz CT molecular complexity index is 1160. The lowest BCUT2D eigenvalue weighted by atomic mass is 9.83. The van der Waals surface area contributed by atoms with E-state index in [4.69, 9.17) is 0 Å². The van der Waals surface area contributed by atoms with Crippen LogP contribution in [0, 0.1) is 5.82 Å². The van der Waals surface area contributed by atoms with E-state index in [-0.39, 0.29) is 5.82 Å².